The first-order valence-electron chi connectivity index (χ1n) is 9.10. The van der Waals surface area contributed by atoms with Gasteiger partial charge < -0.3 is 11.2 Å². The summed E-state index contributed by atoms with van der Waals surface area (Å²) < 4.78 is 3.00. The lowest BCUT2D eigenvalue weighted by atomic mass is 10.0. The third-order valence-electron chi connectivity index (χ3n) is 4.45. The fourth-order valence-electron chi connectivity index (χ4n) is 2.83. The maximum absolute atomic E-state index is 12.5. The number of aryl methyl sites for hydroxylation is 2. The fourth-order valence-corrected chi connectivity index (χ4v) is 3.62. The summed E-state index contributed by atoms with van der Waals surface area (Å²) in [7, 11) is 0. The molecule has 1 amide bonds. The summed E-state index contributed by atoms with van der Waals surface area (Å²) in [6, 6.07) is 12.0. The zero-order valence-corrected chi connectivity index (χ0v) is 17.3. The van der Waals surface area contributed by atoms with E-state index in [1.54, 1.807) is 4.68 Å². The summed E-state index contributed by atoms with van der Waals surface area (Å²) in [4.78, 5) is 12.5. The van der Waals surface area contributed by atoms with Gasteiger partial charge in [0.15, 0.2) is 0 Å². The highest BCUT2D eigenvalue weighted by Crippen LogP contribution is 2.22. The van der Waals surface area contributed by atoms with Gasteiger partial charge in [0.1, 0.15) is 0 Å². The molecular weight excluding hydrogens is 374 g/mol. The van der Waals surface area contributed by atoms with Crippen LogP contribution in [0.1, 0.15) is 36.7 Å². The largest absolute Gasteiger partial charge is 0.355 e. The second-order valence-electron chi connectivity index (χ2n) is 6.81. The van der Waals surface area contributed by atoms with Crippen LogP contribution in [-0.2, 0) is 4.79 Å². The normalized spacial score (nSPS) is 13.3. The number of hydrogen-bond donors (Lipinski definition) is 2. The molecule has 0 bridgehead atoms. The van der Waals surface area contributed by atoms with Crippen LogP contribution < -0.4 is 11.2 Å². The number of rotatable bonds is 7. The highest BCUT2D eigenvalue weighted by molar-refractivity contribution is 8.00. The maximum Gasteiger partial charge on any atom is 0.271 e. The molecule has 0 aliphatic rings. The molecule has 2 aromatic heterocycles. The third kappa shape index (κ3) is 4.36. The van der Waals surface area contributed by atoms with Crippen molar-refractivity contribution in [1.29, 1.82) is 0 Å². The number of carbonyl (C=O) groups excluding carboxylic acids is 1. The summed E-state index contributed by atoms with van der Waals surface area (Å²) in [5.74, 6) is 6.72. The number of nitrogens with two attached hydrogens (primary N) is 1. The van der Waals surface area contributed by atoms with Gasteiger partial charge in [-0.2, -0.15) is 5.10 Å². The molecule has 9 heteroatoms. The van der Waals surface area contributed by atoms with Crippen molar-refractivity contribution in [3.63, 3.8) is 0 Å². The van der Waals surface area contributed by atoms with E-state index in [1.807, 2.05) is 45.0 Å². The Labute approximate surface area is 168 Å². The Bertz CT molecular complexity index is 951. The molecule has 0 radical (unpaired) electrons. The summed E-state index contributed by atoms with van der Waals surface area (Å²) in [6.07, 6.45) is 0. The molecule has 2 heterocycles. The molecule has 0 unspecified atom stereocenters. The maximum atomic E-state index is 12.5. The molecule has 0 spiro atoms. The molecule has 3 rings (SSSR count). The van der Waals surface area contributed by atoms with Crippen molar-refractivity contribution in [3.8, 4) is 5.95 Å². The Morgan fingerprint density at radius 2 is 1.93 bits per heavy atom. The van der Waals surface area contributed by atoms with E-state index in [4.69, 9.17) is 5.84 Å². The molecular formula is C19H25N7OS. The lowest BCUT2D eigenvalue weighted by molar-refractivity contribution is -0.120. The van der Waals surface area contributed by atoms with Crippen LogP contribution in [0.2, 0.25) is 0 Å². The standard InChI is InChI=1S/C19H25N7OS/c1-12(16-8-6-5-7-9-16)11-21-17(27)15(4)28-19-23-22-18(25(19)20)26-14(3)10-13(2)24-26/h5-10,12,15H,11,20H2,1-4H3,(H,21,27)/t12-,15-/m1/s1. The Morgan fingerprint density at radius 3 is 2.57 bits per heavy atom. The second-order valence-corrected chi connectivity index (χ2v) is 8.12. The van der Waals surface area contributed by atoms with Crippen LogP contribution in [0.25, 0.3) is 5.95 Å². The number of nitrogens with zero attached hydrogens (tertiary/aromatic N) is 5. The number of thioether (sulfide) groups is 1. The van der Waals surface area contributed by atoms with Gasteiger partial charge >= 0.3 is 0 Å². The van der Waals surface area contributed by atoms with Crippen molar-refractivity contribution in [1.82, 2.24) is 30.0 Å². The van der Waals surface area contributed by atoms with Crippen LogP contribution in [0.5, 0.6) is 0 Å². The van der Waals surface area contributed by atoms with E-state index >= 15 is 0 Å². The van der Waals surface area contributed by atoms with Crippen molar-refractivity contribution in [2.24, 2.45) is 0 Å². The number of aromatic nitrogens is 5. The van der Waals surface area contributed by atoms with Gasteiger partial charge in [0.2, 0.25) is 11.1 Å². The summed E-state index contributed by atoms with van der Waals surface area (Å²) in [5.41, 5.74) is 2.98. The van der Waals surface area contributed by atoms with Gasteiger partial charge in [-0.25, -0.2) is 9.36 Å². The Morgan fingerprint density at radius 1 is 1.21 bits per heavy atom. The van der Waals surface area contributed by atoms with Gasteiger partial charge in [-0.3, -0.25) is 4.79 Å². The number of carbonyl (C=O) groups is 1. The number of amides is 1. The van der Waals surface area contributed by atoms with Gasteiger partial charge in [-0.05, 0) is 38.3 Å². The van der Waals surface area contributed by atoms with E-state index in [0.29, 0.717) is 17.6 Å². The average molecular weight is 400 g/mol. The average Bonchev–Trinajstić information content (AvgIpc) is 3.21. The minimum Gasteiger partial charge on any atom is -0.355 e. The first kappa shape index (κ1) is 19.9. The number of nitrogen functional groups attached to an aromatic ring is 1. The van der Waals surface area contributed by atoms with Gasteiger partial charge in [0, 0.05) is 12.2 Å². The minimum absolute atomic E-state index is 0.0663. The van der Waals surface area contributed by atoms with E-state index in [1.165, 1.54) is 22.0 Å². The molecule has 0 fully saturated rings. The lowest BCUT2D eigenvalue weighted by Gasteiger charge is -2.15. The molecule has 0 saturated heterocycles. The quantitative estimate of drug-likeness (QED) is 0.466. The van der Waals surface area contributed by atoms with Crippen molar-refractivity contribution in [2.45, 2.75) is 44.0 Å². The van der Waals surface area contributed by atoms with E-state index in [0.717, 1.165) is 11.4 Å². The Kier molecular flexibility index (Phi) is 6.03. The lowest BCUT2D eigenvalue weighted by Crippen LogP contribution is -2.34. The molecule has 3 N–H and O–H groups in total. The monoisotopic (exact) mass is 399 g/mol. The number of hydrogen-bond acceptors (Lipinski definition) is 6. The Balaban J connectivity index is 1.61. The molecule has 8 nitrogen and oxygen atoms in total. The van der Waals surface area contributed by atoms with Gasteiger partial charge in [-0.15, -0.1) is 10.2 Å². The predicted octanol–water partition coefficient (Wildman–Crippen LogP) is 2.19. The summed E-state index contributed by atoms with van der Waals surface area (Å²) >= 11 is 1.27. The number of nitrogens with one attached hydrogen (secondary N) is 1. The van der Waals surface area contributed by atoms with Crippen LogP contribution in [-0.4, -0.2) is 42.4 Å². The molecule has 0 saturated carbocycles. The summed E-state index contributed by atoms with van der Waals surface area (Å²) in [5, 5.41) is 15.7. The zero-order valence-electron chi connectivity index (χ0n) is 16.5. The molecule has 2 atom stereocenters. The summed E-state index contributed by atoms with van der Waals surface area (Å²) in [6.45, 7) is 8.31. The molecule has 1 aromatic carbocycles. The van der Waals surface area contributed by atoms with Crippen LogP contribution in [0.3, 0.4) is 0 Å². The zero-order chi connectivity index (χ0) is 20.3. The van der Waals surface area contributed by atoms with E-state index < -0.39 is 0 Å². The third-order valence-corrected chi connectivity index (χ3v) is 5.50. The fraction of sp³-hybridized carbons (Fsp3) is 0.368. The van der Waals surface area contributed by atoms with Gasteiger partial charge in [-0.1, -0.05) is 49.0 Å². The van der Waals surface area contributed by atoms with Crippen molar-refractivity contribution in [3.05, 3.63) is 53.3 Å². The second kappa shape index (κ2) is 8.47. The Hall–Kier alpha value is -2.81. The van der Waals surface area contributed by atoms with Gasteiger partial charge in [0.05, 0.1) is 10.9 Å². The first-order chi connectivity index (χ1) is 13.4. The van der Waals surface area contributed by atoms with Gasteiger partial charge in [0.25, 0.3) is 5.95 Å². The molecule has 0 aliphatic heterocycles. The van der Waals surface area contributed by atoms with Crippen molar-refractivity contribution < 1.29 is 4.79 Å². The minimum atomic E-state index is -0.359. The first-order valence-corrected chi connectivity index (χ1v) is 9.98. The predicted molar refractivity (Wildman–Crippen MR) is 110 cm³/mol. The van der Waals surface area contributed by atoms with E-state index in [2.05, 4.69) is 39.7 Å². The van der Waals surface area contributed by atoms with Crippen LogP contribution in [0, 0.1) is 13.8 Å². The van der Waals surface area contributed by atoms with Crippen LogP contribution in [0.4, 0.5) is 0 Å². The number of benzene rings is 1. The van der Waals surface area contributed by atoms with E-state index in [-0.39, 0.29) is 17.1 Å². The molecule has 28 heavy (non-hydrogen) atoms. The molecule has 0 aliphatic carbocycles. The SMILES string of the molecule is Cc1cc(C)n(-c2nnc(S[C@H](C)C(=O)NC[C@@H](C)c3ccccc3)n2N)n1. The molecule has 148 valence electrons. The highest BCUT2D eigenvalue weighted by Gasteiger charge is 2.21. The highest BCUT2D eigenvalue weighted by atomic mass is 32.2. The van der Waals surface area contributed by atoms with E-state index in [9.17, 15) is 4.79 Å². The van der Waals surface area contributed by atoms with Crippen molar-refractivity contribution in [2.75, 3.05) is 12.4 Å². The molecule has 3 aromatic rings. The topological polar surface area (TPSA) is 104 Å². The van der Waals surface area contributed by atoms with Crippen LogP contribution >= 0.6 is 11.8 Å². The van der Waals surface area contributed by atoms with Crippen LogP contribution in [0.15, 0.2) is 41.6 Å². The smallest absolute Gasteiger partial charge is 0.271 e. The van der Waals surface area contributed by atoms with Crippen molar-refractivity contribution >= 4 is 17.7 Å².